The first kappa shape index (κ1) is 20.0. The highest BCUT2D eigenvalue weighted by atomic mass is 16.6. The largest absolute Gasteiger partial charge is 0.462 e. The van der Waals surface area contributed by atoms with Gasteiger partial charge in [0.05, 0.1) is 17.1 Å². The van der Waals surface area contributed by atoms with Crippen LogP contribution in [0.3, 0.4) is 0 Å². The van der Waals surface area contributed by atoms with Gasteiger partial charge < -0.3 is 15.4 Å². The van der Waals surface area contributed by atoms with Gasteiger partial charge >= 0.3 is 11.7 Å². The van der Waals surface area contributed by atoms with Crippen LogP contribution in [0, 0.1) is 16.0 Å². The Labute approximate surface area is 166 Å². The van der Waals surface area contributed by atoms with E-state index in [4.69, 9.17) is 10.5 Å². The monoisotopic (exact) mass is 399 g/mol. The van der Waals surface area contributed by atoms with Crippen LogP contribution in [-0.2, 0) is 4.74 Å². The smallest absolute Gasteiger partial charge is 0.354 e. The molecule has 1 saturated heterocycles. The van der Waals surface area contributed by atoms with E-state index in [1.807, 2.05) is 12.1 Å². The summed E-state index contributed by atoms with van der Waals surface area (Å²) in [6.45, 7) is 3.67. The molecule has 0 spiro atoms. The molecule has 1 aromatic carbocycles. The fourth-order valence-corrected chi connectivity index (χ4v) is 3.02. The molecule has 1 aliphatic heterocycles. The number of hydrogen-bond donors (Lipinski definition) is 2. The molecule has 0 amide bonds. The molecule has 152 valence electrons. The van der Waals surface area contributed by atoms with Gasteiger partial charge in [0, 0.05) is 30.9 Å². The van der Waals surface area contributed by atoms with Gasteiger partial charge in [-0.25, -0.2) is 14.8 Å². The number of aromatic nitrogens is 2. The van der Waals surface area contributed by atoms with E-state index in [0.717, 1.165) is 31.5 Å². The predicted molar refractivity (Wildman–Crippen MR) is 108 cm³/mol. The molecule has 3 N–H and O–H groups in total. The number of benzene rings is 1. The van der Waals surface area contributed by atoms with Crippen LogP contribution in [0.5, 0.6) is 0 Å². The molecule has 0 aliphatic carbocycles. The number of ether oxygens (including phenoxy) is 1. The minimum Gasteiger partial charge on any atom is -0.462 e. The predicted octanol–water partition coefficient (Wildman–Crippen LogP) is 2.07. The molecule has 0 saturated carbocycles. The van der Waals surface area contributed by atoms with Crippen molar-refractivity contribution in [1.29, 1.82) is 0 Å². The van der Waals surface area contributed by atoms with Crippen LogP contribution >= 0.6 is 0 Å². The first-order valence-electron chi connectivity index (χ1n) is 9.05. The number of anilines is 3. The molecule has 11 heteroatoms. The van der Waals surface area contributed by atoms with Gasteiger partial charge in [0.1, 0.15) is 6.33 Å². The van der Waals surface area contributed by atoms with Gasteiger partial charge in [-0.05, 0) is 37.6 Å². The molecule has 1 fully saturated rings. The lowest BCUT2D eigenvalue weighted by Crippen LogP contribution is -2.20. The minimum atomic E-state index is -0.648. The van der Waals surface area contributed by atoms with Crippen LogP contribution < -0.4 is 16.1 Å². The third kappa shape index (κ3) is 4.75. The summed E-state index contributed by atoms with van der Waals surface area (Å²) in [7, 11) is 0. The van der Waals surface area contributed by atoms with Crippen molar-refractivity contribution in [2.45, 2.75) is 13.3 Å². The lowest BCUT2D eigenvalue weighted by molar-refractivity contribution is -0.383. The zero-order valence-electron chi connectivity index (χ0n) is 15.8. The standard InChI is InChI=1S/C18H21N7O4/c1-2-29-18(26)13-3-5-14(6-4-13)24-8-7-12(10-24)9-22-23-17-15(25(27)28)16(19)20-11-21-17/h3-6,9,11-12H,2,7-8,10H2,1H3,(H3,19,20,21,23)/b22-9-/t12-/m0/s1. The van der Waals surface area contributed by atoms with Crippen LogP contribution in [0.25, 0.3) is 0 Å². The maximum Gasteiger partial charge on any atom is 0.354 e. The second kappa shape index (κ2) is 8.95. The number of nitrogens with zero attached hydrogens (tertiary/aromatic N) is 5. The SMILES string of the molecule is CCOC(=O)c1ccc(N2CC[C@@H](/C=N\Nc3ncnc(N)c3[N+](=O)[O-])C2)cc1. The number of nitrogen functional groups attached to an aromatic ring is 1. The highest BCUT2D eigenvalue weighted by Crippen LogP contribution is 2.27. The van der Waals surface area contributed by atoms with Crippen LogP contribution in [0.1, 0.15) is 23.7 Å². The Bertz CT molecular complexity index is 917. The van der Waals surface area contributed by atoms with E-state index < -0.39 is 10.6 Å². The van der Waals surface area contributed by atoms with Gasteiger partial charge in [0.25, 0.3) is 0 Å². The summed E-state index contributed by atoms with van der Waals surface area (Å²) in [6.07, 6.45) is 3.71. The Morgan fingerprint density at radius 3 is 2.90 bits per heavy atom. The van der Waals surface area contributed by atoms with Crippen LogP contribution in [0.15, 0.2) is 35.7 Å². The molecule has 11 nitrogen and oxygen atoms in total. The molecule has 3 rings (SSSR count). The zero-order chi connectivity index (χ0) is 20.8. The molecular formula is C18H21N7O4. The van der Waals surface area contributed by atoms with Gasteiger partial charge in [-0.2, -0.15) is 5.10 Å². The molecule has 29 heavy (non-hydrogen) atoms. The number of carbonyl (C=O) groups excluding carboxylic acids is 1. The number of hydrogen-bond acceptors (Lipinski definition) is 10. The zero-order valence-corrected chi connectivity index (χ0v) is 15.8. The first-order valence-corrected chi connectivity index (χ1v) is 9.05. The second-order valence-corrected chi connectivity index (χ2v) is 6.37. The van der Waals surface area contributed by atoms with Crippen LogP contribution in [-0.4, -0.2) is 46.8 Å². The Kier molecular flexibility index (Phi) is 6.17. The number of rotatable bonds is 7. The fourth-order valence-electron chi connectivity index (χ4n) is 3.02. The van der Waals surface area contributed by atoms with E-state index in [0.29, 0.717) is 12.2 Å². The van der Waals surface area contributed by atoms with E-state index in [1.165, 1.54) is 0 Å². The van der Waals surface area contributed by atoms with Crippen molar-refractivity contribution in [3.63, 3.8) is 0 Å². The highest BCUT2D eigenvalue weighted by Gasteiger charge is 2.23. The number of nitrogens with one attached hydrogen (secondary N) is 1. The topological polar surface area (TPSA) is 149 Å². The summed E-state index contributed by atoms with van der Waals surface area (Å²) in [4.78, 5) is 31.8. The van der Waals surface area contributed by atoms with Crippen molar-refractivity contribution >= 4 is 35.2 Å². The molecule has 2 heterocycles. The van der Waals surface area contributed by atoms with E-state index in [9.17, 15) is 14.9 Å². The number of carbonyl (C=O) groups is 1. The number of esters is 1. The summed E-state index contributed by atoms with van der Waals surface area (Å²) in [5.41, 5.74) is 9.21. The second-order valence-electron chi connectivity index (χ2n) is 6.37. The van der Waals surface area contributed by atoms with Crippen molar-refractivity contribution in [2.75, 3.05) is 35.8 Å². The number of nitro groups is 1. The third-order valence-electron chi connectivity index (χ3n) is 4.46. The summed E-state index contributed by atoms with van der Waals surface area (Å²) in [5.74, 6) is -0.453. The van der Waals surface area contributed by atoms with Gasteiger partial charge in [-0.1, -0.05) is 0 Å². The molecule has 0 radical (unpaired) electrons. The number of nitrogens with two attached hydrogens (primary N) is 1. The fraction of sp³-hybridized carbons (Fsp3) is 0.333. The highest BCUT2D eigenvalue weighted by molar-refractivity contribution is 5.89. The van der Waals surface area contributed by atoms with E-state index in [2.05, 4.69) is 25.4 Å². The van der Waals surface area contributed by atoms with Crippen molar-refractivity contribution in [2.24, 2.45) is 11.0 Å². The number of hydrazone groups is 1. The average molecular weight is 399 g/mol. The van der Waals surface area contributed by atoms with E-state index in [1.54, 1.807) is 25.3 Å². The Morgan fingerprint density at radius 1 is 1.45 bits per heavy atom. The van der Waals surface area contributed by atoms with Crippen LogP contribution in [0.4, 0.5) is 23.0 Å². The molecule has 0 unspecified atom stereocenters. The lowest BCUT2D eigenvalue weighted by atomic mass is 10.1. The van der Waals surface area contributed by atoms with E-state index in [-0.39, 0.29) is 23.5 Å². The molecule has 0 bridgehead atoms. The molecular weight excluding hydrogens is 378 g/mol. The van der Waals surface area contributed by atoms with Gasteiger partial charge in [-0.15, -0.1) is 0 Å². The Morgan fingerprint density at radius 2 is 2.21 bits per heavy atom. The molecule has 1 aliphatic rings. The maximum atomic E-state index is 11.7. The van der Waals surface area contributed by atoms with Gasteiger partial charge in [0.15, 0.2) is 0 Å². The van der Waals surface area contributed by atoms with Crippen LogP contribution in [0.2, 0.25) is 0 Å². The van der Waals surface area contributed by atoms with Crippen molar-refractivity contribution < 1.29 is 14.5 Å². The summed E-state index contributed by atoms with van der Waals surface area (Å²) in [5, 5.41) is 15.2. The summed E-state index contributed by atoms with van der Waals surface area (Å²) in [6, 6.07) is 7.26. The first-order chi connectivity index (χ1) is 14.0. The van der Waals surface area contributed by atoms with Gasteiger partial charge in [0.2, 0.25) is 11.6 Å². The quantitative estimate of drug-likeness (QED) is 0.309. The maximum absolute atomic E-state index is 11.7. The van der Waals surface area contributed by atoms with Crippen molar-refractivity contribution in [1.82, 2.24) is 9.97 Å². The van der Waals surface area contributed by atoms with Gasteiger partial charge in [-0.3, -0.25) is 15.5 Å². The lowest BCUT2D eigenvalue weighted by Gasteiger charge is -2.18. The Balaban J connectivity index is 1.58. The van der Waals surface area contributed by atoms with E-state index >= 15 is 0 Å². The normalized spacial score (nSPS) is 16.2. The molecule has 1 aromatic heterocycles. The minimum absolute atomic E-state index is 0.0526. The third-order valence-corrected chi connectivity index (χ3v) is 4.46. The molecule has 1 atom stereocenters. The Hall–Kier alpha value is -3.76. The van der Waals surface area contributed by atoms with Crippen molar-refractivity contribution in [3.05, 3.63) is 46.3 Å². The molecule has 2 aromatic rings. The summed E-state index contributed by atoms with van der Waals surface area (Å²) >= 11 is 0. The summed E-state index contributed by atoms with van der Waals surface area (Å²) < 4.78 is 4.99. The average Bonchev–Trinajstić information content (AvgIpc) is 3.17. The van der Waals surface area contributed by atoms with Crippen molar-refractivity contribution in [3.8, 4) is 0 Å².